The molecular formula is C64H41N5. The minimum atomic E-state index is -0.687. The third-order valence-electron chi connectivity index (χ3n) is 15.2. The van der Waals surface area contributed by atoms with Crippen molar-refractivity contribution in [2.45, 2.75) is 17.4 Å². The molecule has 3 aliphatic carbocycles. The van der Waals surface area contributed by atoms with E-state index >= 15 is 0 Å². The molecule has 0 radical (unpaired) electrons. The van der Waals surface area contributed by atoms with Crippen LogP contribution in [-0.4, -0.2) is 25.6 Å². The quantitative estimate of drug-likeness (QED) is 0.173. The fourth-order valence-electron chi connectivity index (χ4n) is 12.3. The Morgan fingerprint density at radius 1 is 0.377 bits per heavy atom. The first-order chi connectivity index (χ1) is 34.2. The van der Waals surface area contributed by atoms with Crippen molar-refractivity contribution in [2.75, 3.05) is 4.90 Å². The third-order valence-corrected chi connectivity index (χ3v) is 15.2. The summed E-state index contributed by atoms with van der Waals surface area (Å²) in [6.07, 6.45) is 9.21. The highest BCUT2D eigenvalue weighted by atomic mass is 15.2. The second-order valence-electron chi connectivity index (χ2n) is 18.6. The van der Waals surface area contributed by atoms with Crippen LogP contribution in [0.3, 0.4) is 0 Å². The smallest absolute Gasteiger partial charge is 0.164 e. The predicted octanol–water partition coefficient (Wildman–Crippen LogP) is 15.0. The summed E-state index contributed by atoms with van der Waals surface area (Å²) in [5.74, 6) is 2.13. The first kappa shape index (κ1) is 38.2. The summed E-state index contributed by atoms with van der Waals surface area (Å²) in [5.41, 5.74) is 19.6. The van der Waals surface area contributed by atoms with Crippen LogP contribution in [0.25, 0.3) is 83.9 Å². The largest absolute Gasteiger partial charge is 0.333 e. The Kier molecular flexibility index (Phi) is 8.05. The van der Waals surface area contributed by atoms with E-state index in [1.165, 1.54) is 83.3 Å². The van der Waals surface area contributed by atoms with Gasteiger partial charge in [-0.3, -0.25) is 0 Å². The summed E-state index contributed by atoms with van der Waals surface area (Å²) in [6.45, 7) is 0. The highest BCUT2D eigenvalue weighted by Crippen LogP contribution is 2.66. The number of fused-ring (bicyclic) bond motifs is 16. The first-order valence-corrected chi connectivity index (χ1v) is 23.9. The molecule has 3 unspecified atom stereocenters. The summed E-state index contributed by atoms with van der Waals surface area (Å²) in [7, 11) is 0. The molecule has 3 atom stereocenters. The van der Waals surface area contributed by atoms with Gasteiger partial charge in [-0.1, -0.05) is 176 Å². The summed E-state index contributed by atoms with van der Waals surface area (Å²) >= 11 is 0. The van der Waals surface area contributed by atoms with Crippen LogP contribution >= 0.6 is 0 Å². The maximum atomic E-state index is 5.28. The molecule has 0 fully saturated rings. The van der Waals surface area contributed by atoms with Gasteiger partial charge in [-0.15, -0.1) is 0 Å². The highest BCUT2D eigenvalue weighted by Gasteiger charge is 2.54. The number of para-hydroxylation sites is 3. The number of aromatic nitrogens is 4. The number of rotatable bonds is 5. The van der Waals surface area contributed by atoms with Crippen molar-refractivity contribution in [2.24, 2.45) is 0 Å². The minimum absolute atomic E-state index is 0.160. The average Bonchev–Trinajstić information content (AvgIpc) is 4.11. The van der Waals surface area contributed by atoms with E-state index in [9.17, 15) is 0 Å². The van der Waals surface area contributed by atoms with Crippen LogP contribution < -0.4 is 4.90 Å². The molecule has 4 aliphatic rings. The molecule has 69 heavy (non-hydrogen) atoms. The molecule has 322 valence electrons. The fourth-order valence-corrected chi connectivity index (χ4v) is 12.3. The van der Waals surface area contributed by atoms with Crippen molar-refractivity contribution in [1.82, 2.24) is 19.5 Å². The minimum Gasteiger partial charge on any atom is -0.333 e. The van der Waals surface area contributed by atoms with E-state index in [0.29, 0.717) is 17.5 Å². The van der Waals surface area contributed by atoms with Crippen LogP contribution in [0.2, 0.25) is 0 Å². The van der Waals surface area contributed by atoms with E-state index in [0.717, 1.165) is 22.4 Å². The van der Waals surface area contributed by atoms with Gasteiger partial charge in [-0.05, 0) is 111 Å². The Balaban J connectivity index is 1.06. The lowest BCUT2D eigenvalue weighted by Gasteiger charge is -2.32. The molecule has 2 aromatic heterocycles. The van der Waals surface area contributed by atoms with Gasteiger partial charge in [0.25, 0.3) is 0 Å². The van der Waals surface area contributed by atoms with Crippen molar-refractivity contribution >= 4 is 33.2 Å². The molecular weight excluding hydrogens is 839 g/mol. The Hall–Kier alpha value is -8.93. The van der Waals surface area contributed by atoms with Gasteiger partial charge in [0, 0.05) is 50.4 Å². The number of nitrogens with zero attached hydrogens (tertiary/aromatic N) is 5. The Bertz CT molecular complexity index is 3910. The fraction of sp³-hybridized carbons (Fsp3) is 0.0469. The zero-order valence-electron chi connectivity index (χ0n) is 37.4. The molecule has 0 saturated carbocycles. The van der Waals surface area contributed by atoms with Gasteiger partial charge >= 0.3 is 0 Å². The van der Waals surface area contributed by atoms with Crippen LogP contribution in [0, 0.1) is 0 Å². The second-order valence-corrected chi connectivity index (χ2v) is 18.6. The van der Waals surface area contributed by atoms with Crippen LogP contribution in [0.1, 0.15) is 33.7 Å². The van der Waals surface area contributed by atoms with Crippen molar-refractivity contribution < 1.29 is 0 Å². The van der Waals surface area contributed by atoms with Gasteiger partial charge in [0.2, 0.25) is 0 Å². The van der Waals surface area contributed by atoms with Gasteiger partial charge in [0.1, 0.15) is 0 Å². The van der Waals surface area contributed by atoms with E-state index in [-0.39, 0.29) is 12.0 Å². The van der Waals surface area contributed by atoms with Gasteiger partial charge < -0.3 is 9.47 Å². The number of anilines is 2. The van der Waals surface area contributed by atoms with Crippen molar-refractivity contribution in [1.29, 1.82) is 0 Å². The Morgan fingerprint density at radius 3 is 1.68 bits per heavy atom. The van der Waals surface area contributed by atoms with E-state index < -0.39 is 5.41 Å². The third kappa shape index (κ3) is 5.38. The lowest BCUT2D eigenvalue weighted by Crippen LogP contribution is -2.29. The number of allylic oxidation sites excluding steroid dienone is 2. The van der Waals surface area contributed by atoms with Crippen LogP contribution in [0.4, 0.5) is 11.4 Å². The SMILES string of the molecule is C1=CC2c3cc4c(cc3N(c3ccccc3)C2C=C1)C1(c2ccccc2-c2ccc(-c3nc(-c5ccccc5)nc(-c5ccccc5)n3)cc21)c1cc2c(cc1-4)c1ccccc1n2-c1ccccc1. The molecule has 5 nitrogen and oxygen atoms in total. The zero-order valence-corrected chi connectivity index (χ0v) is 37.4. The zero-order chi connectivity index (χ0) is 45.2. The highest BCUT2D eigenvalue weighted by molar-refractivity contribution is 6.13. The molecule has 0 saturated heterocycles. The first-order valence-electron chi connectivity index (χ1n) is 23.9. The predicted molar refractivity (Wildman–Crippen MR) is 280 cm³/mol. The van der Waals surface area contributed by atoms with E-state index in [2.05, 4.69) is 210 Å². The maximum Gasteiger partial charge on any atom is 0.164 e. The molecule has 3 heterocycles. The molecule has 0 bridgehead atoms. The monoisotopic (exact) mass is 879 g/mol. The number of hydrogen-bond acceptors (Lipinski definition) is 4. The summed E-state index contributed by atoms with van der Waals surface area (Å²) in [6, 6.07) is 77.5. The van der Waals surface area contributed by atoms with Crippen LogP contribution in [-0.2, 0) is 5.41 Å². The molecule has 0 amide bonds. The molecule has 1 aliphatic heterocycles. The molecule has 5 heteroatoms. The molecule has 1 spiro atoms. The number of hydrogen-bond donors (Lipinski definition) is 0. The van der Waals surface area contributed by atoms with Crippen LogP contribution in [0.15, 0.2) is 237 Å². The van der Waals surface area contributed by atoms with E-state index in [1.54, 1.807) is 0 Å². The standard InChI is InChI=1S/C64H41N5/c1-5-19-40(20-6-1)61-65-62(41-21-7-2-8-22-41)67-63(66-61)42-33-34-46-45-27-13-16-30-53(45)64(54(46)35-42)55-38-59-51(47-28-14-17-31-57(47)68(59)43-23-9-3-10-24-43)36-49(55)50-37-52-48-29-15-18-32-58(48)69(60(52)39-56(50)64)44-25-11-4-12-26-44/h1-39,47,57H. The topological polar surface area (TPSA) is 46.8 Å². The number of benzene rings is 9. The van der Waals surface area contributed by atoms with Crippen LogP contribution in [0.5, 0.6) is 0 Å². The van der Waals surface area contributed by atoms with E-state index in [1.807, 2.05) is 36.4 Å². The van der Waals surface area contributed by atoms with Crippen molar-refractivity contribution in [3.05, 3.63) is 264 Å². The lowest BCUT2D eigenvalue weighted by atomic mass is 9.70. The molecule has 9 aromatic carbocycles. The Labute approximate surface area is 399 Å². The summed E-state index contributed by atoms with van der Waals surface area (Å²) in [4.78, 5) is 18.2. The molecule has 11 aromatic rings. The van der Waals surface area contributed by atoms with Gasteiger partial charge in [-0.25, -0.2) is 15.0 Å². The lowest BCUT2D eigenvalue weighted by molar-refractivity contribution is 0.744. The average molecular weight is 880 g/mol. The van der Waals surface area contributed by atoms with Crippen molar-refractivity contribution in [3.63, 3.8) is 0 Å². The van der Waals surface area contributed by atoms with Gasteiger partial charge in [0.15, 0.2) is 17.5 Å². The van der Waals surface area contributed by atoms with Gasteiger partial charge in [0.05, 0.1) is 22.5 Å². The normalized spacial score (nSPS) is 17.8. The van der Waals surface area contributed by atoms with Gasteiger partial charge in [-0.2, -0.15) is 0 Å². The molecule has 0 N–H and O–H groups in total. The van der Waals surface area contributed by atoms with Crippen molar-refractivity contribution in [3.8, 4) is 62.1 Å². The molecule has 15 rings (SSSR count). The van der Waals surface area contributed by atoms with E-state index in [4.69, 9.17) is 15.0 Å². The summed E-state index contributed by atoms with van der Waals surface area (Å²) in [5, 5.41) is 2.49. The second kappa shape index (κ2) is 14.5. The summed E-state index contributed by atoms with van der Waals surface area (Å²) < 4.78 is 2.46. The Morgan fingerprint density at radius 2 is 0.942 bits per heavy atom. The maximum absolute atomic E-state index is 5.28.